The smallest absolute Gasteiger partial charge is 0.394 e. The Bertz CT molecular complexity index is 480. The Morgan fingerprint density at radius 3 is 2.71 bits per heavy atom. The van der Waals surface area contributed by atoms with Crippen molar-refractivity contribution in [1.82, 2.24) is 5.32 Å². The van der Waals surface area contributed by atoms with Crippen molar-refractivity contribution in [3.8, 4) is 6.07 Å². The minimum absolute atomic E-state index is 0.0846. The Balaban J connectivity index is 2.97. The minimum atomic E-state index is -1.65. The Hall–Kier alpha value is -1.71. The van der Waals surface area contributed by atoms with E-state index in [9.17, 15) is 9.59 Å². The van der Waals surface area contributed by atoms with Gasteiger partial charge in [0, 0.05) is 0 Å². The molecule has 0 aromatic carbocycles. The number of allylic oxidation sites excluding steroid dienone is 1. The average Bonchev–Trinajstić information content (AvgIpc) is 2.30. The fourth-order valence-corrected chi connectivity index (χ4v) is 1.66. The van der Waals surface area contributed by atoms with E-state index in [-0.39, 0.29) is 10.7 Å². The monoisotopic (exact) mass is 275 g/mol. The molecule has 0 spiro atoms. The molecule has 0 heterocycles. The number of hydrogen-bond donors (Lipinski definition) is 3. The van der Waals surface area contributed by atoms with Crippen LogP contribution in [0, 0.1) is 11.3 Å². The maximum atomic E-state index is 10.9. The van der Waals surface area contributed by atoms with E-state index < -0.39 is 22.8 Å². The summed E-state index contributed by atoms with van der Waals surface area (Å²) in [6.45, 7) is 0. The Labute approximate surface area is 106 Å². The molecule has 2 atom stereocenters. The summed E-state index contributed by atoms with van der Waals surface area (Å²) in [5.74, 6) is -2.88. The van der Waals surface area contributed by atoms with Crippen molar-refractivity contribution in [2.75, 3.05) is 0 Å². The van der Waals surface area contributed by atoms with Crippen molar-refractivity contribution in [2.45, 2.75) is 10.9 Å². The number of nitriles is 1. The zero-order valence-corrected chi connectivity index (χ0v) is 9.79. The molecule has 0 saturated carbocycles. The summed E-state index contributed by atoms with van der Waals surface area (Å²) in [4.78, 5) is 19.7. The Morgan fingerprint density at radius 2 is 2.24 bits per heavy atom. The summed E-state index contributed by atoms with van der Waals surface area (Å²) in [7, 11) is 0. The zero-order valence-electron chi connectivity index (χ0n) is 8.28. The number of halogens is 2. The van der Waals surface area contributed by atoms with Crippen molar-refractivity contribution < 1.29 is 14.7 Å². The molecule has 6 nitrogen and oxygen atoms in total. The third kappa shape index (κ3) is 2.52. The third-order valence-electron chi connectivity index (χ3n) is 2.08. The van der Waals surface area contributed by atoms with Crippen LogP contribution in [-0.2, 0) is 9.59 Å². The molecule has 0 bridgehead atoms. The van der Waals surface area contributed by atoms with Gasteiger partial charge in [-0.25, -0.2) is 4.79 Å². The molecule has 1 aliphatic carbocycles. The van der Waals surface area contributed by atoms with Crippen LogP contribution in [0.25, 0.3) is 0 Å². The molecule has 0 saturated heterocycles. The second kappa shape index (κ2) is 4.65. The molecule has 17 heavy (non-hydrogen) atoms. The summed E-state index contributed by atoms with van der Waals surface area (Å²) >= 11 is 11.6. The summed E-state index contributed by atoms with van der Waals surface area (Å²) in [5, 5.41) is 19.2. The highest BCUT2D eigenvalue weighted by Crippen LogP contribution is 2.32. The van der Waals surface area contributed by atoms with Gasteiger partial charge in [0.25, 0.3) is 0 Å². The van der Waals surface area contributed by atoms with Crippen LogP contribution >= 0.6 is 23.2 Å². The van der Waals surface area contributed by atoms with Gasteiger partial charge in [0.1, 0.15) is 0 Å². The first-order valence-corrected chi connectivity index (χ1v) is 5.06. The summed E-state index contributed by atoms with van der Waals surface area (Å²) in [6.07, 6.45) is 2.54. The van der Waals surface area contributed by atoms with Crippen molar-refractivity contribution in [3.05, 3.63) is 22.9 Å². The minimum Gasteiger partial charge on any atom is -0.474 e. The van der Waals surface area contributed by atoms with Gasteiger partial charge in [0.15, 0.2) is 4.87 Å². The van der Waals surface area contributed by atoms with Crippen molar-refractivity contribution >= 4 is 35.1 Å². The number of alkyl halides is 1. The topological polar surface area (TPSA) is 116 Å². The molecule has 4 N–H and O–H groups in total. The van der Waals surface area contributed by atoms with Crippen LogP contribution in [0.5, 0.6) is 0 Å². The molecule has 1 aliphatic rings. The number of hydrogen-bond acceptors (Lipinski definition) is 4. The van der Waals surface area contributed by atoms with Crippen molar-refractivity contribution in [1.29, 1.82) is 5.26 Å². The lowest BCUT2D eigenvalue weighted by atomic mass is 9.97. The van der Waals surface area contributed by atoms with Gasteiger partial charge < -0.3 is 16.2 Å². The summed E-state index contributed by atoms with van der Waals surface area (Å²) < 4.78 is 0. The second-order valence-corrected chi connectivity index (χ2v) is 4.20. The quantitative estimate of drug-likeness (QED) is 0.355. The van der Waals surface area contributed by atoms with Crippen LogP contribution in [-0.4, -0.2) is 27.9 Å². The van der Waals surface area contributed by atoms with Crippen LogP contribution in [0.1, 0.15) is 0 Å². The van der Waals surface area contributed by atoms with E-state index in [1.54, 1.807) is 6.07 Å². The standard InChI is InChI=1S/C9H7Cl2N3O3/c10-5-4(14-7(15)8(16)17)1-2-9(11,3-12)6(5)13/h1-2,4H,13H2,(H,14,15)(H,16,17). The molecule has 0 aliphatic heterocycles. The highest BCUT2D eigenvalue weighted by atomic mass is 35.5. The first kappa shape index (κ1) is 13.4. The van der Waals surface area contributed by atoms with Gasteiger partial charge in [-0.15, -0.1) is 0 Å². The number of aliphatic carboxylic acids is 1. The summed E-state index contributed by atoms with van der Waals surface area (Å²) in [5.41, 5.74) is 5.42. The molecule has 90 valence electrons. The molecule has 1 rings (SSSR count). The number of rotatable bonds is 1. The second-order valence-electron chi connectivity index (χ2n) is 3.20. The largest absolute Gasteiger partial charge is 0.474 e. The number of carbonyl (C=O) groups excluding carboxylic acids is 1. The van der Waals surface area contributed by atoms with Crippen LogP contribution in [0.3, 0.4) is 0 Å². The number of nitrogens with zero attached hydrogens (tertiary/aromatic N) is 1. The number of carboxylic acid groups (broad SMARTS) is 1. The van der Waals surface area contributed by atoms with Gasteiger partial charge in [0.2, 0.25) is 0 Å². The predicted molar refractivity (Wildman–Crippen MR) is 60.0 cm³/mol. The maximum absolute atomic E-state index is 10.9. The lowest BCUT2D eigenvalue weighted by Crippen LogP contribution is -2.43. The molecule has 0 aromatic heterocycles. The van der Waals surface area contributed by atoms with Gasteiger partial charge in [-0.3, -0.25) is 4.79 Å². The van der Waals surface area contributed by atoms with E-state index in [1.807, 2.05) is 0 Å². The lowest BCUT2D eigenvalue weighted by Gasteiger charge is -2.26. The van der Waals surface area contributed by atoms with Crippen LogP contribution < -0.4 is 11.1 Å². The zero-order chi connectivity index (χ0) is 13.2. The normalized spacial score (nSPS) is 27.5. The predicted octanol–water partition coefficient (Wildman–Crippen LogP) is 0.0359. The number of nitrogens with two attached hydrogens (primary N) is 1. The van der Waals surface area contributed by atoms with Gasteiger partial charge >= 0.3 is 11.9 Å². The molecular weight excluding hydrogens is 269 g/mol. The molecule has 1 amide bonds. The average molecular weight is 276 g/mol. The van der Waals surface area contributed by atoms with E-state index >= 15 is 0 Å². The van der Waals surface area contributed by atoms with Crippen LogP contribution in [0.4, 0.5) is 0 Å². The molecular formula is C9H7Cl2N3O3. The van der Waals surface area contributed by atoms with E-state index in [2.05, 4.69) is 5.32 Å². The maximum Gasteiger partial charge on any atom is 0.394 e. The highest BCUT2D eigenvalue weighted by Gasteiger charge is 2.36. The van der Waals surface area contributed by atoms with E-state index in [0.717, 1.165) is 0 Å². The lowest BCUT2D eigenvalue weighted by molar-refractivity contribution is -0.150. The number of nitrogens with one attached hydrogen (secondary N) is 1. The number of carboxylic acids is 1. The van der Waals surface area contributed by atoms with Crippen LogP contribution in [0.2, 0.25) is 0 Å². The molecule has 0 radical (unpaired) electrons. The van der Waals surface area contributed by atoms with Crippen molar-refractivity contribution in [3.63, 3.8) is 0 Å². The SMILES string of the molecule is N#CC1(Cl)C=CC(NC(=O)C(=O)O)C(Cl)=C1N. The van der Waals surface area contributed by atoms with Gasteiger partial charge in [-0.05, 0) is 6.08 Å². The van der Waals surface area contributed by atoms with Crippen LogP contribution in [0.15, 0.2) is 22.9 Å². The molecule has 8 heteroatoms. The van der Waals surface area contributed by atoms with E-state index in [1.165, 1.54) is 12.2 Å². The first-order valence-electron chi connectivity index (χ1n) is 4.30. The van der Waals surface area contributed by atoms with Gasteiger partial charge in [-0.2, -0.15) is 5.26 Å². The third-order valence-corrected chi connectivity index (χ3v) is 2.94. The van der Waals surface area contributed by atoms with Gasteiger partial charge in [-0.1, -0.05) is 29.3 Å². The highest BCUT2D eigenvalue weighted by molar-refractivity contribution is 6.36. The fourth-order valence-electron chi connectivity index (χ4n) is 1.16. The fraction of sp³-hybridized carbons (Fsp3) is 0.222. The first-order chi connectivity index (χ1) is 7.81. The van der Waals surface area contributed by atoms with Crippen molar-refractivity contribution in [2.24, 2.45) is 5.73 Å². The van der Waals surface area contributed by atoms with Gasteiger partial charge in [0.05, 0.1) is 22.8 Å². The van der Waals surface area contributed by atoms with E-state index in [0.29, 0.717) is 0 Å². The number of carbonyl (C=O) groups is 2. The molecule has 2 unspecified atom stereocenters. The summed E-state index contributed by atoms with van der Waals surface area (Å²) in [6, 6.07) is 0.837. The Morgan fingerprint density at radius 1 is 1.65 bits per heavy atom. The number of amides is 1. The molecule has 0 fully saturated rings. The Kier molecular flexibility index (Phi) is 3.66. The van der Waals surface area contributed by atoms with E-state index in [4.69, 9.17) is 39.3 Å². The molecule has 0 aromatic rings.